The van der Waals surface area contributed by atoms with Gasteiger partial charge in [-0.25, -0.2) is 4.79 Å². The minimum absolute atomic E-state index is 0.279. The summed E-state index contributed by atoms with van der Waals surface area (Å²) in [5.41, 5.74) is -2.46. The predicted molar refractivity (Wildman–Crippen MR) is 117 cm³/mol. The Bertz CT molecular complexity index is 662. The molecule has 0 aliphatic carbocycles. The Labute approximate surface area is 195 Å². The first-order chi connectivity index (χ1) is 15.6. The van der Waals surface area contributed by atoms with Gasteiger partial charge in [-0.1, -0.05) is 90.4 Å². The monoisotopic (exact) mass is 472 g/mol. The highest BCUT2D eigenvalue weighted by atomic mass is 16.9. The summed E-state index contributed by atoms with van der Waals surface area (Å²) in [4.78, 5) is 36.4. The molecule has 9 nitrogen and oxygen atoms in total. The van der Waals surface area contributed by atoms with Crippen molar-refractivity contribution in [1.29, 1.82) is 0 Å². The van der Waals surface area contributed by atoms with Gasteiger partial charge in [-0.05, 0) is 6.42 Å². The zero-order chi connectivity index (χ0) is 24.4. The zero-order valence-electron chi connectivity index (χ0n) is 19.8. The van der Waals surface area contributed by atoms with Gasteiger partial charge in [0.15, 0.2) is 5.60 Å². The predicted octanol–water partition coefficient (Wildman–Crippen LogP) is 3.36. The van der Waals surface area contributed by atoms with Gasteiger partial charge in [0.05, 0.1) is 12.8 Å². The van der Waals surface area contributed by atoms with Gasteiger partial charge in [-0.2, -0.15) is 0 Å². The first-order valence-corrected chi connectivity index (χ1v) is 12.5. The van der Waals surface area contributed by atoms with Crippen molar-refractivity contribution >= 4 is 17.9 Å². The number of carbonyl (C=O) groups is 3. The molecule has 2 aliphatic rings. The lowest BCUT2D eigenvalue weighted by molar-refractivity contribution is -0.446. The van der Waals surface area contributed by atoms with E-state index < -0.39 is 48.1 Å². The van der Waals surface area contributed by atoms with Crippen molar-refractivity contribution in [2.45, 2.75) is 133 Å². The summed E-state index contributed by atoms with van der Waals surface area (Å²) in [5, 5.41) is 31.0. The fourth-order valence-electron chi connectivity index (χ4n) is 4.39. The molecule has 3 N–H and O–H groups in total. The Morgan fingerprint density at radius 3 is 1.55 bits per heavy atom. The molecule has 0 aromatic heterocycles. The largest absolute Gasteiger partial charge is 0.413 e. The Morgan fingerprint density at radius 2 is 1.06 bits per heavy atom. The highest BCUT2D eigenvalue weighted by Gasteiger charge is 2.66. The number of hydrogen-bond acceptors (Lipinski definition) is 9. The first-order valence-electron chi connectivity index (χ1n) is 12.5. The third-order valence-electron chi connectivity index (χ3n) is 6.40. The van der Waals surface area contributed by atoms with Crippen molar-refractivity contribution in [3.63, 3.8) is 0 Å². The Morgan fingerprint density at radius 1 is 0.636 bits per heavy atom. The number of carbonyl (C=O) groups excluding carboxylic acids is 3. The van der Waals surface area contributed by atoms with Crippen molar-refractivity contribution in [3.8, 4) is 0 Å². The Kier molecular flexibility index (Phi) is 10.6. The number of ether oxygens (including phenoxy) is 3. The maximum atomic E-state index is 12.4. The Hall–Kier alpha value is -1.71. The van der Waals surface area contributed by atoms with Crippen LogP contribution < -0.4 is 0 Å². The third-order valence-corrected chi connectivity index (χ3v) is 6.40. The average Bonchev–Trinajstić information content (AvgIpc) is 2.79. The van der Waals surface area contributed by atoms with Crippen LogP contribution in [0.2, 0.25) is 0 Å². The van der Waals surface area contributed by atoms with Crippen LogP contribution in [0.4, 0.5) is 0 Å². The van der Waals surface area contributed by atoms with E-state index in [-0.39, 0.29) is 6.42 Å². The van der Waals surface area contributed by atoms with Crippen LogP contribution in [-0.4, -0.2) is 50.6 Å². The van der Waals surface area contributed by atoms with Gasteiger partial charge in [0.1, 0.15) is 0 Å². The van der Waals surface area contributed by atoms with Crippen LogP contribution in [0.5, 0.6) is 0 Å². The standard InChI is InChI=1S/C24H40O9/c1-2-3-4-5-6-7-8-9-10-11-12-13-14-15-16-23-24(29,30)32-20(26)18-22(28,21(27)33-23)17-19(25)31-23/h28-30H,2-18H2,1H3. The molecule has 2 rings (SSSR count). The Balaban J connectivity index is 1.72. The summed E-state index contributed by atoms with van der Waals surface area (Å²) in [6.07, 6.45) is 13.5. The van der Waals surface area contributed by atoms with Crippen LogP contribution in [0, 0.1) is 0 Å². The van der Waals surface area contributed by atoms with Crippen molar-refractivity contribution in [2.75, 3.05) is 0 Å². The summed E-state index contributed by atoms with van der Waals surface area (Å²) in [6.45, 7) is 2.22. The molecule has 2 unspecified atom stereocenters. The van der Waals surface area contributed by atoms with E-state index in [1.807, 2.05) is 0 Å². The van der Waals surface area contributed by atoms with Crippen LogP contribution in [0.25, 0.3) is 0 Å². The maximum Gasteiger partial charge on any atom is 0.406 e. The smallest absolute Gasteiger partial charge is 0.406 e. The van der Waals surface area contributed by atoms with Crippen LogP contribution in [0.15, 0.2) is 0 Å². The van der Waals surface area contributed by atoms with E-state index >= 15 is 0 Å². The van der Waals surface area contributed by atoms with Crippen LogP contribution >= 0.6 is 0 Å². The average molecular weight is 473 g/mol. The topological polar surface area (TPSA) is 140 Å². The normalized spacial score (nSPS) is 26.7. The number of aliphatic hydroxyl groups is 3. The van der Waals surface area contributed by atoms with E-state index in [9.17, 15) is 29.7 Å². The molecule has 0 amide bonds. The highest BCUT2D eigenvalue weighted by molar-refractivity contribution is 5.92. The number of unbranched alkanes of at least 4 members (excludes halogenated alkanes) is 13. The van der Waals surface area contributed by atoms with Gasteiger partial charge < -0.3 is 29.5 Å². The minimum atomic E-state index is -3.35. The zero-order valence-corrected chi connectivity index (χ0v) is 19.8. The molecule has 0 saturated carbocycles. The SMILES string of the molecule is CCCCCCCCCCCCCCCCC12OC(=O)CC(O)(CC(=O)OC1(O)O)C(=O)O2. The molecule has 2 heterocycles. The van der Waals surface area contributed by atoms with Crippen molar-refractivity contribution < 1.29 is 43.9 Å². The van der Waals surface area contributed by atoms with E-state index in [2.05, 4.69) is 11.7 Å². The second kappa shape index (κ2) is 12.7. The molecule has 0 aromatic rings. The number of fused-ring (bicyclic) bond motifs is 3. The molecule has 2 bridgehead atoms. The molecule has 0 aromatic carbocycles. The van der Waals surface area contributed by atoms with Gasteiger partial charge in [-0.15, -0.1) is 0 Å². The van der Waals surface area contributed by atoms with Crippen LogP contribution in [0.3, 0.4) is 0 Å². The molecule has 2 fully saturated rings. The number of esters is 3. The molecule has 9 heteroatoms. The second-order valence-electron chi connectivity index (χ2n) is 9.43. The highest BCUT2D eigenvalue weighted by Crippen LogP contribution is 2.41. The van der Waals surface area contributed by atoms with Gasteiger partial charge in [-0.3, -0.25) is 9.59 Å². The summed E-state index contributed by atoms with van der Waals surface area (Å²) < 4.78 is 14.7. The molecule has 0 spiro atoms. The lowest BCUT2D eigenvalue weighted by atomic mass is 9.95. The fourth-order valence-corrected chi connectivity index (χ4v) is 4.39. The molecular formula is C24H40O9. The van der Waals surface area contributed by atoms with E-state index in [1.54, 1.807) is 0 Å². The lowest BCUT2D eigenvalue weighted by Crippen LogP contribution is -2.63. The van der Waals surface area contributed by atoms with Crippen molar-refractivity contribution in [2.24, 2.45) is 0 Å². The van der Waals surface area contributed by atoms with Crippen molar-refractivity contribution in [3.05, 3.63) is 0 Å². The maximum absolute atomic E-state index is 12.4. The summed E-state index contributed by atoms with van der Waals surface area (Å²) in [5.74, 6) is -9.61. The van der Waals surface area contributed by atoms with Crippen LogP contribution in [0.1, 0.15) is 116 Å². The minimum Gasteiger partial charge on any atom is -0.413 e. The van der Waals surface area contributed by atoms with E-state index in [0.717, 1.165) is 19.3 Å². The molecule has 2 saturated heterocycles. The molecular weight excluding hydrogens is 432 g/mol. The van der Waals surface area contributed by atoms with Gasteiger partial charge in [0.25, 0.3) is 0 Å². The van der Waals surface area contributed by atoms with E-state index in [4.69, 9.17) is 9.47 Å². The lowest BCUT2D eigenvalue weighted by Gasteiger charge is -2.40. The van der Waals surface area contributed by atoms with Gasteiger partial charge >= 0.3 is 29.7 Å². The fraction of sp³-hybridized carbons (Fsp3) is 0.875. The molecule has 2 aliphatic heterocycles. The van der Waals surface area contributed by atoms with Gasteiger partial charge in [0.2, 0.25) is 0 Å². The molecule has 2 atom stereocenters. The second-order valence-corrected chi connectivity index (χ2v) is 9.43. The van der Waals surface area contributed by atoms with Crippen molar-refractivity contribution in [1.82, 2.24) is 0 Å². The number of cyclic esters (lactones) is 1. The molecule has 33 heavy (non-hydrogen) atoms. The van der Waals surface area contributed by atoms with Crippen LogP contribution in [-0.2, 0) is 28.6 Å². The van der Waals surface area contributed by atoms with E-state index in [1.165, 1.54) is 57.8 Å². The van der Waals surface area contributed by atoms with E-state index in [0.29, 0.717) is 12.8 Å². The first kappa shape index (κ1) is 27.5. The summed E-state index contributed by atoms with van der Waals surface area (Å²) in [6, 6.07) is 0. The number of hydrogen-bond donors (Lipinski definition) is 3. The molecule has 0 radical (unpaired) electrons. The van der Waals surface area contributed by atoms with Gasteiger partial charge in [0, 0.05) is 6.42 Å². The molecule has 190 valence electrons. The summed E-state index contributed by atoms with van der Waals surface area (Å²) >= 11 is 0. The third kappa shape index (κ3) is 7.93. The quantitative estimate of drug-likeness (QED) is 0.186. The summed E-state index contributed by atoms with van der Waals surface area (Å²) in [7, 11) is 0. The number of rotatable bonds is 15.